The molecule has 1 amide bonds. The molecule has 1 spiro atoms. The second-order valence-electron chi connectivity index (χ2n) is 10.4. The highest BCUT2D eigenvalue weighted by atomic mass is 32.2. The van der Waals surface area contributed by atoms with Gasteiger partial charge >= 0.3 is 6.09 Å². The van der Waals surface area contributed by atoms with Crippen molar-refractivity contribution in [1.29, 1.82) is 0 Å². The van der Waals surface area contributed by atoms with E-state index < -0.39 is 5.60 Å². The zero-order chi connectivity index (χ0) is 23.8. The maximum Gasteiger partial charge on any atom is 0.415 e. The van der Waals surface area contributed by atoms with Crippen LogP contribution in [0.5, 0.6) is 0 Å². The third-order valence-electron chi connectivity index (χ3n) is 8.29. The normalized spacial score (nSPS) is 22.3. The minimum absolute atomic E-state index is 0.157. The Hall–Kier alpha value is -2.44. The number of hydrogen-bond donors (Lipinski definition) is 0. The lowest BCUT2D eigenvalue weighted by molar-refractivity contribution is 0.0145. The topological polar surface area (TPSA) is 36.0 Å². The molecule has 0 radical (unpaired) electrons. The standard InChI is InChI=1S/C29H35N3O2S/c1-22-29(34-28(33)32(22)23-10-3-2-4-11-23)16-20-30(21-17-29)18-9-19-31-24-12-5-7-14-26(24)35-27-15-8-6-13-25(27)31/h5-8,12-15,23H,1-4,9-11,16-21H2. The van der Waals surface area contributed by atoms with Gasteiger partial charge in [0.1, 0.15) is 0 Å². The highest BCUT2D eigenvalue weighted by Crippen LogP contribution is 2.48. The van der Waals surface area contributed by atoms with E-state index in [0.717, 1.165) is 64.0 Å². The van der Waals surface area contributed by atoms with E-state index >= 15 is 0 Å². The number of piperidine rings is 1. The van der Waals surface area contributed by atoms with Gasteiger partial charge in [-0.3, -0.25) is 4.90 Å². The van der Waals surface area contributed by atoms with Crippen molar-refractivity contribution in [3.8, 4) is 0 Å². The molecule has 0 unspecified atom stereocenters. The van der Waals surface area contributed by atoms with Crippen molar-refractivity contribution in [2.75, 3.05) is 31.1 Å². The van der Waals surface area contributed by atoms with Gasteiger partial charge in [0.15, 0.2) is 5.60 Å². The van der Waals surface area contributed by atoms with Gasteiger partial charge in [0.25, 0.3) is 0 Å². The third-order valence-corrected chi connectivity index (χ3v) is 9.42. The predicted octanol–water partition coefficient (Wildman–Crippen LogP) is 6.81. The van der Waals surface area contributed by atoms with Crippen LogP contribution in [0.3, 0.4) is 0 Å². The van der Waals surface area contributed by atoms with Crippen LogP contribution in [0.2, 0.25) is 0 Å². The highest BCUT2D eigenvalue weighted by Gasteiger charge is 2.52. The number of amides is 1. The van der Waals surface area contributed by atoms with Gasteiger partial charge in [0, 0.05) is 48.3 Å². The van der Waals surface area contributed by atoms with Gasteiger partial charge < -0.3 is 14.5 Å². The summed E-state index contributed by atoms with van der Waals surface area (Å²) in [7, 11) is 0. The second kappa shape index (κ2) is 9.55. The van der Waals surface area contributed by atoms with E-state index in [-0.39, 0.29) is 12.1 Å². The predicted molar refractivity (Wildman–Crippen MR) is 141 cm³/mol. The number of benzene rings is 2. The minimum atomic E-state index is -0.479. The van der Waals surface area contributed by atoms with E-state index in [1.54, 1.807) is 0 Å². The zero-order valence-electron chi connectivity index (χ0n) is 20.5. The molecule has 6 rings (SSSR count). The number of anilines is 2. The lowest BCUT2D eigenvalue weighted by Gasteiger charge is -2.39. The monoisotopic (exact) mass is 489 g/mol. The molecule has 6 heteroatoms. The molecule has 1 saturated carbocycles. The minimum Gasteiger partial charge on any atom is -0.436 e. The summed E-state index contributed by atoms with van der Waals surface area (Å²) in [5.41, 5.74) is 3.07. The molecule has 2 saturated heterocycles. The lowest BCUT2D eigenvalue weighted by atomic mass is 9.86. The molecular formula is C29H35N3O2S. The van der Waals surface area contributed by atoms with Crippen molar-refractivity contribution in [1.82, 2.24) is 9.80 Å². The molecule has 3 fully saturated rings. The Kier molecular flexibility index (Phi) is 6.27. The van der Waals surface area contributed by atoms with Crippen LogP contribution in [-0.2, 0) is 4.74 Å². The first-order chi connectivity index (χ1) is 17.1. The molecule has 0 atom stereocenters. The van der Waals surface area contributed by atoms with Crippen LogP contribution >= 0.6 is 11.8 Å². The SMILES string of the molecule is C=C1N(C2CCCCC2)C(=O)OC12CCN(CCCN1c3ccccc3Sc3ccccc31)CC2. The van der Waals surface area contributed by atoms with Crippen molar-refractivity contribution in [3.63, 3.8) is 0 Å². The maximum absolute atomic E-state index is 12.8. The summed E-state index contributed by atoms with van der Waals surface area (Å²) in [6.45, 7) is 8.33. The molecule has 3 heterocycles. The number of likely N-dealkylation sites (tertiary alicyclic amines) is 1. The first kappa shape index (κ1) is 23.0. The number of para-hydroxylation sites is 2. The first-order valence-corrected chi connectivity index (χ1v) is 14.0. The van der Waals surface area contributed by atoms with E-state index in [1.807, 2.05) is 16.7 Å². The average Bonchev–Trinajstić information content (AvgIpc) is 3.14. The molecule has 5 nitrogen and oxygen atoms in total. The summed E-state index contributed by atoms with van der Waals surface area (Å²) in [6.07, 6.45) is 8.49. The van der Waals surface area contributed by atoms with Crippen LogP contribution in [0.25, 0.3) is 0 Å². The number of fused-ring (bicyclic) bond motifs is 2. The van der Waals surface area contributed by atoms with Crippen LogP contribution in [0.15, 0.2) is 70.6 Å². The number of rotatable bonds is 5. The molecule has 0 aromatic heterocycles. The number of ether oxygens (including phenoxy) is 1. The van der Waals surface area contributed by atoms with Crippen LogP contribution in [0.4, 0.5) is 16.2 Å². The van der Waals surface area contributed by atoms with Crippen LogP contribution in [0, 0.1) is 0 Å². The molecule has 0 N–H and O–H groups in total. The number of hydrogen-bond acceptors (Lipinski definition) is 5. The van der Waals surface area contributed by atoms with E-state index in [4.69, 9.17) is 4.74 Å². The fourth-order valence-electron chi connectivity index (χ4n) is 6.32. The third kappa shape index (κ3) is 4.25. The summed E-state index contributed by atoms with van der Waals surface area (Å²) < 4.78 is 6.04. The van der Waals surface area contributed by atoms with Gasteiger partial charge in [-0.05, 0) is 50.1 Å². The smallest absolute Gasteiger partial charge is 0.415 e. The highest BCUT2D eigenvalue weighted by molar-refractivity contribution is 7.99. The van der Waals surface area contributed by atoms with Crippen molar-refractivity contribution in [2.45, 2.75) is 72.8 Å². The van der Waals surface area contributed by atoms with Crippen LogP contribution in [-0.4, -0.2) is 53.7 Å². The Balaban J connectivity index is 1.06. The van der Waals surface area contributed by atoms with Crippen molar-refractivity contribution < 1.29 is 9.53 Å². The van der Waals surface area contributed by atoms with E-state index in [0.29, 0.717) is 0 Å². The van der Waals surface area contributed by atoms with Crippen molar-refractivity contribution >= 4 is 29.2 Å². The summed E-state index contributed by atoms with van der Waals surface area (Å²) >= 11 is 1.86. The molecule has 2 aromatic rings. The molecule has 4 aliphatic rings. The number of nitrogens with zero attached hydrogens (tertiary/aromatic N) is 3. The Bertz CT molecular complexity index is 1060. The van der Waals surface area contributed by atoms with E-state index in [2.05, 4.69) is 64.9 Å². The van der Waals surface area contributed by atoms with E-state index in [9.17, 15) is 4.79 Å². The van der Waals surface area contributed by atoms with Gasteiger partial charge in [-0.15, -0.1) is 0 Å². The second-order valence-corrected chi connectivity index (χ2v) is 11.4. The summed E-state index contributed by atoms with van der Waals surface area (Å²) in [6, 6.07) is 17.7. The molecule has 1 aliphatic carbocycles. The largest absolute Gasteiger partial charge is 0.436 e. The Labute approximate surface area is 213 Å². The van der Waals surface area contributed by atoms with E-state index in [1.165, 1.54) is 40.4 Å². The summed E-state index contributed by atoms with van der Waals surface area (Å²) in [5.74, 6) is 0. The quantitative estimate of drug-likeness (QED) is 0.461. The Morgan fingerprint density at radius 2 is 1.54 bits per heavy atom. The van der Waals surface area contributed by atoms with Gasteiger partial charge in [-0.25, -0.2) is 4.79 Å². The number of carbonyl (C=O) groups is 1. The molecular weight excluding hydrogens is 454 g/mol. The Morgan fingerprint density at radius 3 is 2.20 bits per heavy atom. The van der Waals surface area contributed by atoms with Gasteiger partial charge in [0.05, 0.1) is 17.1 Å². The van der Waals surface area contributed by atoms with Gasteiger partial charge in [-0.2, -0.15) is 0 Å². The fraction of sp³-hybridized carbons (Fsp3) is 0.483. The Morgan fingerprint density at radius 1 is 0.914 bits per heavy atom. The van der Waals surface area contributed by atoms with Gasteiger partial charge in [-0.1, -0.05) is 61.9 Å². The molecule has 3 aliphatic heterocycles. The van der Waals surface area contributed by atoms with Crippen molar-refractivity contribution in [3.05, 3.63) is 60.8 Å². The first-order valence-electron chi connectivity index (χ1n) is 13.2. The summed E-state index contributed by atoms with van der Waals surface area (Å²) in [5, 5.41) is 0. The molecule has 35 heavy (non-hydrogen) atoms. The average molecular weight is 490 g/mol. The lowest BCUT2D eigenvalue weighted by Crippen LogP contribution is -2.46. The van der Waals surface area contributed by atoms with Crippen LogP contribution in [0.1, 0.15) is 51.4 Å². The molecule has 184 valence electrons. The molecule has 2 aromatic carbocycles. The fourth-order valence-corrected chi connectivity index (χ4v) is 7.41. The number of carbonyl (C=O) groups excluding carboxylic acids is 1. The zero-order valence-corrected chi connectivity index (χ0v) is 21.3. The maximum atomic E-state index is 12.8. The summed E-state index contributed by atoms with van der Waals surface area (Å²) in [4.78, 5) is 22.4. The van der Waals surface area contributed by atoms with Crippen molar-refractivity contribution in [2.24, 2.45) is 0 Å². The molecule has 0 bridgehead atoms. The van der Waals surface area contributed by atoms with Crippen LogP contribution < -0.4 is 4.90 Å². The van der Waals surface area contributed by atoms with Gasteiger partial charge in [0.2, 0.25) is 0 Å².